The number of carbonyl (C=O) groups excluding carboxylic acids is 1. The topological polar surface area (TPSA) is 111 Å². The van der Waals surface area contributed by atoms with Crippen LogP contribution in [0.3, 0.4) is 0 Å². The second-order valence-electron chi connectivity index (χ2n) is 6.24. The molecule has 1 heterocycles. The number of hydrogen-bond donors (Lipinski definition) is 2. The number of benzene rings is 1. The normalized spacial score (nSPS) is 17.5. The zero-order valence-electron chi connectivity index (χ0n) is 15.8. The zero-order valence-corrected chi connectivity index (χ0v) is 17.4. The minimum atomic E-state index is -3.67. The van der Waals surface area contributed by atoms with E-state index in [4.69, 9.17) is 15.2 Å². The summed E-state index contributed by atoms with van der Waals surface area (Å²) >= 11 is 0. The molecular formula is C17H28ClN3O5S. The van der Waals surface area contributed by atoms with E-state index in [1.165, 1.54) is 16.4 Å². The summed E-state index contributed by atoms with van der Waals surface area (Å²) in [6.07, 6.45) is 0. The van der Waals surface area contributed by atoms with Crippen LogP contribution in [0.4, 0.5) is 5.69 Å². The van der Waals surface area contributed by atoms with Crippen molar-refractivity contribution >= 4 is 34.0 Å². The molecule has 1 aliphatic rings. The van der Waals surface area contributed by atoms with Crippen LogP contribution in [0.1, 0.15) is 20.8 Å². The lowest BCUT2D eigenvalue weighted by atomic mass is 10.0. The maximum Gasteiger partial charge on any atom is 0.243 e. The van der Waals surface area contributed by atoms with E-state index in [0.29, 0.717) is 44.3 Å². The molecule has 27 heavy (non-hydrogen) atoms. The first kappa shape index (κ1) is 23.6. The molecular weight excluding hydrogens is 394 g/mol. The van der Waals surface area contributed by atoms with Gasteiger partial charge in [0, 0.05) is 19.1 Å². The summed E-state index contributed by atoms with van der Waals surface area (Å²) in [6.45, 7) is 7.01. The van der Waals surface area contributed by atoms with E-state index in [9.17, 15) is 13.2 Å². The van der Waals surface area contributed by atoms with Crippen molar-refractivity contribution in [3.05, 3.63) is 18.2 Å². The number of carbonyl (C=O) groups is 1. The second-order valence-corrected chi connectivity index (χ2v) is 8.18. The van der Waals surface area contributed by atoms with Crippen LogP contribution in [-0.4, -0.2) is 57.6 Å². The van der Waals surface area contributed by atoms with E-state index in [2.05, 4.69) is 5.32 Å². The molecule has 2 unspecified atom stereocenters. The Hall–Kier alpha value is -1.39. The number of nitrogens with zero attached hydrogens (tertiary/aromatic N) is 1. The van der Waals surface area contributed by atoms with Crippen LogP contribution < -0.4 is 15.8 Å². The third-order valence-corrected chi connectivity index (χ3v) is 6.21. The second kappa shape index (κ2) is 10.2. The van der Waals surface area contributed by atoms with E-state index in [1.54, 1.807) is 19.9 Å². The van der Waals surface area contributed by atoms with Crippen molar-refractivity contribution < 1.29 is 22.7 Å². The molecule has 0 radical (unpaired) electrons. The predicted molar refractivity (Wildman–Crippen MR) is 106 cm³/mol. The van der Waals surface area contributed by atoms with Gasteiger partial charge in [0.1, 0.15) is 5.75 Å². The van der Waals surface area contributed by atoms with Gasteiger partial charge in [-0.1, -0.05) is 6.92 Å². The summed E-state index contributed by atoms with van der Waals surface area (Å²) in [5.74, 6) is -0.301. The number of hydrogen-bond acceptors (Lipinski definition) is 6. The van der Waals surface area contributed by atoms with E-state index < -0.39 is 15.9 Å². The number of amides is 1. The van der Waals surface area contributed by atoms with Crippen molar-refractivity contribution in [3.63, 3.8) is 0 Å². The molecule has 2 rings (SSSR count). The van der Waals surface area contributed by atoms with Gasteiger partial charge in [0.05, 0.1) is 36.3 Å². The molecule has 1 aromatic rings. The summed E-state index contributed by atoms with van der Waals surface area (Å²) in [7, 11) is -3.67. The third-order valence-electron chi connectivity index (χ3n) is 4.32. The SMILES string of the molecule is CCOc1ccc(S(=O)(=O)N2CCOCC2)cc1NC(=O)C(C)C(C)N.Cl. The maximum atomic E-state index is 12.8. The highest BCUT2D eigenvalue weighted by molar-refractivity contribution is 7.89. The Labute approximate surface area is 166 Å². The maximum absolute atomic E-state index is 12.8. The lowest BCUT2D eigenvalue weighted by molar-refractivity contribution is -0.119. The van der Waals surface area contributed by atoms with Gasteiger partial charge in [-0.3, -0.25) is 4.79 Å². The van der Waals surface area contributed by atoms with Crippen LogP contribution in [0.15, 0.2) is 23.1 Å². The van der Waals surface area contributed by atoms with Crippen molar-refractivity contribution in [2.24, 2.45) is 11.7 Å². The van der Waals surface area contributed by atoms with E-state index in [-0.39, 0.29) is 29.3 Å². The van der Waals surface area contributed by atoms with Gasteiger partial charge in [0.2, 0.25) is 15.9 Å². The highest BCUT2D eigenvalue weighted by Gasteiger charge is 2.28. The summed E-state index contributed by atoms with van der Waals surface area (Å²) in [5, 5.41) is 2.74. The number of rotatable bonds is 7. The van der Waals surface area contributed by atoms with Crippen LogP contribution in [-0.2, 0) is 19.6 Å². The van der Waals surface area contributed by atoms with Crippen molar-refractivity contribution in [2.45, 2.75) is 31.7 Å². The average Bonchev–Trinajstić information content (AvgIpc) is 2.63. The molecule has 0 aromatic heterocycles. The lowest BCUT2D eigenvalue weighted by Crippen LogP contribution is -2.40. The summed E-state index contributed by atoms with van der Waals surface area (Å²) in [4.78, 5) is 12.5. The molecule has 0 bridgehead atoms. The Morgan fingerprint density at radius 3 is 2.52 bits per heavy atom. The number of morpholine rings is 1. The van der Waals surface area contributed by atoms with E-state index in [1.807, 2.05) is 6.92 Å². The molecule has 1 aromatic carbocycles. The van der Waals surface area contributed by atoms with Gasteiger partial charge in [-0.2, -0.15) is 4.31 Å². The van der Waals surface area contributed by atoms with Crippen LogP contribution in [0.5, 0.6) is 5.75 Å². The molecule has 0 spiro atoms. The standard InChI is InChI=1S/C17H27N3O5S.ClH/c1-4-25-16-6-5-14(26(22,23)20-7-9-24-10-8-20)11-15(16)19-17(21)12(2)13(3)18;/h5-6,11-13H,4,7-10,18H2,1-3H3,(H,19,21);1H. The summed E-state index contributed by atoms with van der Waals surface area (Å²) in [6, 6.07) is 4.15. The largest absolute Gasteiger partial charge is 0.492 e. The molecule has 1 aliphatic heterocycles. The Morgan fingerprint density at radius 2 is 1.96 bits per heavy atom. The molecule has 10 heteroatoms. The summed E-state index contributed by atoms with van der Waals surface area (Å²) < 4.78 is 37.8. The van der Waals surface area contributed by atoms with Gasteiger partial charge in [0.15, 0.2) is 0 Å². The van der Waals surface area contributed by atoms with Crippen LogP contribution in [0.2, 0.25) is 0 Å². The molecule has 154 valence electrons. The quantitative estimate of drug-likeness (QED) is 0.689. The van der Waals surface area contributed by atoms with Gasteiger partial charge in [-0.05, 0) is 32.0 Å². The Morgan fingerprint density at radius 1 is 1.33 bits per heavy atom. The number of sulfonamides is 1. The number of ether oxygens (including phenoxy) is 2. The molecule has 2 atom stereocenters. The molecule has 3 N–H and O–H groups in total. The Balaban J connectivity index is 0.00000364. The first-order valence-corrected chi connectivity index (χ1v) is 10.1. The number of nitrogens with one attached hydrogen (secondary N) is 1. The van der Waals surface area contributed by atoms with Crippen molar-refractivity contribution in [3.8, 4) is 5.75 Å². The molecule has 1 fully saturated rings. The van der Waals surface area contributed by atoms with Gasteiger partial charge < -0.3 is 20.5 Å². The predicted octanol–water partition coefficient (Wildman–Crippen LogP) is 1.45. The number of halogens is 1. The van der Waals surface area contributed by atoms with Crippen LogP contribution in [0, 0.1) is 5.92 Å². The first-order chi connectivity index (χ1) is 12.3. The fraction of sp³-hybridized carbons (Fsp3) is 0.588. The number of anilines is 1. The van der Waals surface area contributed by atoms with Crippen LogP contribution >= 0.6 is 12.4 Å². The molecule has 1 amide bonds. The third kappa shape index (κ3) is 5.79. The Bertz CT molecular complexity index is 736. The highest BCUT2D eigenvalue weighted by Crippen LogP contribution is 2.30. The van der Waals surface area contributed by atoms with Crippen molar-refractivity contribution in [2.75, 3.05) is 38.2 Å². The molecule has 1 saturated heterocycles. The fourth-order valence-electron chi connectivity index (χ4n) is 2.47. The smallest absolute Gasteiger partial charge is 0.243 e. The molecule has 8 nitrogen and oxygen atoms in total. The van der Waals surface area contributed by atoms with Gasteiger partial charge >= 0.3 is 0 Å². The van der Waals surface area contributed by atoms with E-state index in [0.717, 1.165) is 0 Å². The lowest BCUT2D eigenvalue weighted by Gasteiger charge is -2.26. The molecule has 0 saturated carbocycles. The number of nitrogens with two attached hydrogens (primary N) is 1. The van der Waals surface area contributed by atoms with Gasteiger partial charge in [-0.25, -0.2) is 8.42 Å². The first-order valence-electron chi connectivity index (χ1n) is 8.68. The molecule has 0 aliphatic carbocycles. The van der Waals surface area contributed by atoms with Gasteiger partial charge in [0.25, 0.3) is 0 Å². The minimum absolute atomic E-state index is 0. The van der Waals surface area contributed by atoms with Crippen molar-refractivity contribution in [1.82, 2.24) is 4.31 Å². The zero-order chi connectivity index (χ0) is 19.3. The summed E-state index contributed by atoms with van der Waals surface area (Å²) in [5.41, 5.74) is 6.10. The monoisotopic (exact) mass is 421 g/mol. The van der Waals surface area contributed by atoms with Crippen LogP contribution in [0.25, 0.3) is 0 Å². The van der Waals surface area contributed by atoms with Gasteiger partial charge in [-0.15, -0.1) is 12.4 Å². The Kier molecular flexibility index (Phi) is 8.97. The average molecular weight is 422 g/mol. The van der Waals surface area contributed by atoms with E-state index >= 15 is 0 Å². The fourth-order valence-corrected chi connectivity index (χ4v) is 3.90. The minimum Gasteiger partial charge on any atom is -0.492 e. The van der Waals surface area contributed by atoms with Crippen molar-refractivity contribution in [1.29, 1.82) is 0 Å². The highest BCUT2D eigenvalue weighted by atomic mass is 35.5.